The molecule has 2 rings (SSSR count). The average Bonchev–Trinajstić information content (AvgIpc) is 2.72. The molecule has 1 aromatic heterocycles. The molecule has 1 heterocycles. The molecular formula is C16H22N2OS2. The molecule has 0 spiro atoms. The Hall–Kier alpha value is -1.20. The highest BCUT2D eigenvalue weighted by atomic mass is 32.1. The molecule has 3 nitrogen and oxygen atoms in total. The monoisotopic (exact) mass is 322 g/mol. The molecule has 0 unspecified atom stereocenters. The Morgan fingerprint density at radius 3 is 2.14 bits per heavy atom. The van der Waals surface area contributed by atoms with Crippen molar-refractivity contribution in [3.05, 3.63) is 27.2 Å². The zero-order valence-electron chi connectivity index (χ0n) is 13.4. The quantitative estimate of drug-likeness (QED) is 0.712. The molecule has 0 saturated carbocycles. The Morgan fingerprint density at radius 1 is 1.10 bits per heavy atom. The van der Waals surface area contributed by atoms with E-state index in [9.17, 15) is 5.11 Å². The van der Waals surface area contributed by atoms with Crippen LogP contribution in [0.25, 0.3) is 10.6 Å². The van der Waals surface area contributed by atoms with Gasteiger partial charge < -0.3 is 5.11 Å². The summed E-state index contributed by atoms with van der Waals surface area (Å²) in [5.41, 5.74) is 2.73. The van der Waals surface area contributed by atoms with Gasteiger partial charge in [-0.25, -0.2) is 0 Å². The molecule has 0 aliphatic rings. The van der Waals surface area contributed by atoms with Crippen molar-refractivity contribution in [2.75, 3.05) is 0 Å². The predicted octanol–water partition coefficient (Wildman–Crippen LogP) is 5.17. The zero-order valence-corrected chi connectivity index (χ0v) is 15.0. The second-order valence-corrected chi connectivity index (χ2v) is 9.00. The SMILES string of the molecule is CC(C)(C)c1cc(-c2n[nH]c(=S)s2)c(O)c(C(C)(C)C)c1. The van der Waals surface area contributed by atoms with Gasteiger partial charge >= 0.3 is 0 Å². The van der Waals surface area contributed by atoms with Gasteiger partial charge in [0.1, 0.15) is 10.8 Å². The summed E-state index contributed by atoms with van der Waals surface area (Å²) in [4.78, 5) is 0. The Bertz CT molecular complexity index is 715. The van der Waals surface area contributed by atoms with Crippen molar-refractivity contribution in [3.63, 3.8) is 0 Å². The van der Waals surface area contributed by atoms with E-state index in [0.717, 1.165) is 16.1 Å². The third-order valence-corrected chi connectivity index (χ3v) is 4.57. The minimum atomic E-state index is -0.141. The van der Waals surface area contributed by atoms with Crippen LogP contribution in [0.1, 0.15) is 52.7 Å². The molecule has 0 atom stereocenters. The van der Waals surface area contributed by atoms with E-state index in [1.165, 1.54) is 16.9 Å². The number of benzene rings is 1. The lowest BCUT2D eigenvalue weighted by atomic mass is 9.79. The van der Waals surface area contributed by atoms with E-state index < -0.39 is 0 Å². The molecular weight excluding hydrogens is 300 g/mol. The third-order valence-electron chi connectivity index (χ3n) is 3.45. The molecule has 2 aromatic rings. The second kappa shape index (κ2) is 5.21. The van der Waals surface area contributed by atoms with Gasteiger partial charge in [0.2, 0.25) is 0 Å². The zero-order chi connectivity index (χ0) is 16.0. The summed E-state index contributed by atoms with van der Waals surface area (Å²) >= 11 is 6.49. The molecule has 2 N–H and O–H groups in total. The fourth-order valence-corrected chi connectivity index (χ4v) is 3.05. The molecule has 0 radical (unpaired) electrons. The van der Waals surface area contributed by atoms with E-state index in [4.69, 9.17) is 12.2 Å². The molecule has 5 heteroatoms. The van der Waals surface area contributed by atoms with Crippen LogP contribution in [-0.2, 0) is 10.8 Å². The van der Waals surface area contributed by atoms with Crippen molar-refractivity contribution in [2.24, 2.45) is 0 Å². The number of phenols is 1. The van der Waals surface area contributed by atoms with E-state index in [1.54, 1.807) is 0 Å². The van der Waals surface area contributed by atoms with E-state index in [-0.39, 0.29) is 10.8 Å². The van der Waals surface area contributed by atoms with Gasteiger partial charge in [-0.05, 0) is 34.7 Å². The Labute approximate surface area is 135 Å². The fourth-order valence-electron chi connectivity index (χ4n) is 2.15. The van der Waals surface area contributed by atoms with E-state index in [0.29, 0.717) is 9.70 Å². The van der Waals surface area contributed by atoms with Gasteiger partial charge in [0, 0.05) is 5.56 Å². The highest BCUT2D eigenvalue weighted by molar-refractivity contribution is 7.73. The predicted molar refractivity (Wildman–Crippen MR) is 91.8 cm³/mol. The van der Waals surface area contributed by atoms with Gasteiger partial charge in [0.15, 0.2) is 3.95 Å². The highest BCUT2D eigenvalue weighted by Gasteiger charge is 2.26. The average molecular weight is 322 g/mol. The van der Waals surface area contributed by atoms with Crippen LogP contribution >= 0.6 is 23.6 Å². The molecule has 0 aliphatic carbocycles. The first-order valence-corrected chi connectivity index (χ1v) is 8.16. The van der Waals surface area contributed by atoms with Crippen LogP contribution in [0.15, 0.2) is 12.1 Å². The minimum absolute atomic E-state index is 0.000217. The number of aromatic hydroxyl groups is 1. The van der Waals surface area contributed by atoms with Crippen LogP contribution in [0.2, 0.25) is 0 Å². The van der Waals surface area contributed by atoms with E-state index in [2.05, 4.69) is 57.8 Å². The summed E-state index contributed by atoms with van der Waals surface area (Å²) < 4.78 is 0.614. The van der Waals surface area contributed by atoms with Crippen molar-refractivity contribution in [1.29, 1.82) is 0 Å². The van der Waals surface area contributed by atoms with Gasteiger partial charge in [-0.15, -0.1) is 0 Å². The maximum absolute atomic E-state index is 10.7. The van der Waals surface area contributed by atoms with Crippen molar-refractivity contribution in [2.45, 2.75) is 52.4 Å². The van der Waals surface area contributed by atoms with Gasteiger partial charge in [-0.3, -0.25) is 5.10 Å². The van der Waals surface area contributed by atoms with Crippen molar-refractivity contribution in [1.82, 2.24) is 10.2 Å². The number of aromatic amines is 1. The minimum Gasteiger partial charge on any atom is -0.507 e. The summed E-state index contributed by atoms with van der Waals surface area (Å²) in [6.45, 7) is 12.8. The van der Waals surface area contributed by atoms with Crippen LogP contribution in [-0.4, -0.2) is 15.3 Å². The standard InChI is InChI=1S/C16H22N2OS2/c1-15(2,3)9-7-10(13-17-18-14(20)21-13)12(19)11(8-9)16(4,5)6/h7-8,19H,1-6H3,(H,18,20). The van der Waals surface area contributed by atoms with Crippen molar-refractivity contribution in [3.8, 4) is 16.3 Å². The molecule has 1 aromatic carbocycles. The summed E-state index contributed by atoms with van der Waals surface area (Å²) in [6.07, 6.45) is 0. The fraction of sp³-hybridized carbons (Fsp3) is 0.500. The lowest BCUT2D eigenvalue weighted by Gasteiger charge is -2.27. The third kappa shape index (κ3) is 3.35. The number of aromatic nitrogens is 2. The van der Waals surface area contributed by atoms with E-state index >= 15 is 0 Å². The van der Waals surface area contributed by atoms with Gasteiger partial charge in [-0.1, -0.05) is 58.9 Å². The summed E-state index contributed by atoms with van der Waals surface area (Å²) in [5, 5.41) is 18.4. The lowest BCUT2D eigenvalue weighted by molar-refractivity contribution is 0.446. The number of hydrogen-bond acceptors (Lipinski definition) is 4. The number of rotatable bonds is 1. The Kier molecular flexibility index (Phi) is 4.02. The summed E-state index contributed by atoms with van der Waals surface area (Å²) in [7, 11) is 0. The summed E-state index contributed by atoms with van der Waals surface area (Å²) in [6, 6.07) is 4.12. The van der Waals surface area contributed by atoms with Crippen molar-refractivity contribution < 1.29 is 5.11 Å². The van der Waals surface area contributed by atoms with Gasteiger partial charge in [-0.2, -0.15) is 5.10 Å². The molecule has 114 valence electrons. The van der Waals surface area contributed by atoms with Crippen LogP contribution in [0, 0.1) is 3.95 Å². The Morgan fingerprint density at radius 2 is 1.71 bits per heavy atom. The first kappa shape index (κ1) is 16.2. The Balaban J connectivity index is 2.78. The number of phenolic OH excluding ortho intramolecular Hbond substituents is 1. The highest BCUT2D eigenvalue weighted by Crippen LogP contribution is 2.42. The van der Waals surface area contributed by atoms with Crippen LogP contribution in [0.5, 0.6) is 5.75 Å². The molecule has 0 fully saturated rings. The number of H-pyrrole nitrogens is 1. The lowest BCUT2D eigenvalue weighted by Crippen LogP contribution is -2.17. The van der Waals surface area contributed by atoms with Gasteiger partial charge in [0.05, 0.1) is 5.56 Å². The van der Waals surface area contributed by atoms with Gasteiger partial charge in [0.25, 0.3) is 0 Å². The second-order valence-electron chi connectivity index (χ2n) is 7.34. The number of hydrogen-bond donors (Lipinski definition) is 2. The largest absolute Gasteiger partial charge is 0.507 e. The summed E-state index contributed by atoms with van der Waals surface area (Å²) in [5.74, 6) is 0.299. The number of nitrogens with one attached hydrogen (secondary N) is 1. The first-order valence-electron chi connectivity index (χ1n) is 6.94. The molecule has 0 aliphatic heterocycles. The molecule has 21 heavy (non-hydrogen) atoms. The van der Waals surface area contributed by atoms with Crippen molar-refractivity contribution >= 4 is 23.6 Å². The molecule has 0 bridgehead atoms. The molecule has 0 amide bonds. The molecule has 0 saturated heterocycles. The number of nitrogens with zero attached hydrogens (tertiary/aromatic N) is 1. The normalized spacial score (nSPS) is 12.7. The first-order chi connectivity index (χ1) is 9.50. The van der Waals surface area contributed by atoms with Crippen LogP contribution in [0.4, 0.5) is 0 Å². The van der Waals surface area contributed by atoms with Crippen LogP contribution in [0.3, 0.4) is 0 Å². The maximum atomic E-state index is 10.7. The van der Waals surface area contributed by atoms with E-state index in [1.807, 2.05) is 6.07 Å². The smallest absolute Gasteiger partial charge is 0.176 e. The maximum Gasteiger partial charge on any atom is 0.176 e. The van der Waals surface area contributed by atoms with Crippen LogP contribution < -0.4 is 0 Å². The topological polar surface area (TPSA) is 48.9 Å².